The molecule has 3 heterocycles. The average Bonchev–Trinajstić information content (AvgIpc) is 3.28. The summed E-state index contributed by atoms with van der Waals surface area (Å²) in [6.45, 7) is 4.00. The number of nitrogens with zero attached hydrogens (tertiary/aromatic N) is 4. The van der Waals surface area contributed by atoms with Crippen LogP contribution in [0.2, 0.25) is 0 Å². The van der Waals surface area contributed by atoms with E-state index in [9.17, 15) is 9.59 Å². The first-order valence-electron chi connectivity index (χ1n) is 11.1. The van der Waals surface area contributed by atoms with E-state index < -0.39 is 0 Å². The Labute approximate surface area is 177 Å². The molecule has 5 rings (SSSR count). The van der Waals surface area contributed by atoms with Gasteiger partial charge in [0.1, 0.15) is 5.69 Å². The molecule has 5 atom stereocenters. The molecule has 2 bridgehead atoms. The molecule has 2 saturated heterocycles. The van der Waals surface area contributed by atoms with Crippen LogP contribution in [0, 0.1) is 5.41 Å². The van der Waals surface area contributed by atoms with Crippen molar-refractivity contribution in [2.75, 3.05) is 0 Å². The molecular formula is C24H30N4O2. The van der Waals surface area contributed by atoms with Gasteiger partial charge in [-0.3, -0.25) is 14.3 Å². The fraction of sp³-hybridized carbons (Fsp3) is 0.542. The molecule has 2 aromatic rings. The second-order valence-corrected chi connectivity index (χ2v) is 9.48. The van der Waals surface area contributed by atoms with Gasteiger partial charge in [-0.1, -0.05) is 37.3 Å². The number of hydrogen-bond acceptors (Lipinski definition) is 3. The maximum Gasteiger partial charge on any atom is 0.272 e. The van der Waals surface area contributed by atoms with E-state index in [4.69, 9.17) is 0 Å². The van der Waals surface area contributed by atoms with Crippen molar-refractivity contribution in [2.45, 2.75) is 70.1 Å². The third kappa shape index (κ3) is 2.72. The summed E-state index contributed by atoms with van der Waals surface area (Å²) in [5.41, 5.74) is 1.79. The van der Waals surface area contributed by atoms with Crippen LogP contribution in [0.4, 0.5) is 0 Å². The minimum atomic E-state index is -0.0456. The van der Waals surface area contributed by atoms with Crippen molar-refractivity contribution in [3.63, 3.8) is 0 Å². The third-order valence-electron chi connectivity index (χ3n) is 7.88. The van der Waals surface area contributed by atoms with Gasteiger partial charge in [0.25, 0.3) is 5.91 Å². The number of carbonyl (C=O) groups excluding carboxylic acids is 2. The molecule has 0 radical (unpaired) electrons. The van der Waals surface area contributed by atoms with Gasteiger partial charge >= 0.3 is 0 Å². The largest absolute Gasteiger partial charge is 0.334 e. The SMILES string of the molecule is CC(=O)N1[C@@H](Cc2ccccc2)[C@@H]2C[C@@]3(C)[C@H](CCC[C@@H]13)N2C(=O)c1ccnn1C. The Kier molecular flexibility index (Phi) is 4.49. The first kappa shape index (κ1) is 19.3. The highest BCUT2D eigenvalue weighted by molar-refractivity contribution is 5.93. The fourth-order valence-corrected chi connectivity index (χ4v) is 6.64. The van der Waals surface area contributed by atoms with Crippen molar-refractivity contribution < 1.29 is 9.59 Å². The number of benzene rings is 1. The van der Waals surface area contributed by atoms with Crippen molar-refractivity contribution in [3.8, 4) is 0 Å². The zero-order valence-electron chi connectivity index (χ0n) is 18.0. The van der Waals surface area contributed by atoms with Crippen LogP contribution in [0.5, 0.6) is 0 Å². The molecule has 2 aliphatic heterocycles. The van der Waals surface area contributed by atoms with Gasteiger partial charge in [-0.15, -0.1) is 0 Å². The number of fused-ring (bicyclic) bond motifs is 1. The van der Waals surface area contributed by atoms with Crippen molar-refractivity contribution in [2.24, 2.45) is 12.5 Å². The predicted octanol–water partition coefficient (Wildman–Crippen LogP) is 3.04. The van der Waals surface area contributed by atoms with E-state index >= 15 is 0 Å². The molecule has 6 heteroatoms. The van der Waals surface area contributed by atoms with Gasteiger partial charge in [-0.05, 0) is 43.7 Å². The molecule has 3 aliphatic rings. The Morgan fingerprint density at radius 2 is 1.80 bits per heavy atom. The highest BCUT2D eigenvalue weighted by atomic mass is 16.2. The van der Waals surface area contributed by atoms with E-state index in [1.54, 1.807) is 17.8 Å². The lowest BCUT2D eigenvalue weighted by molar-refractivity contribution is -0.142. The standard InChI is InChI=1S/C24H30N4O2/c1-16(29)27-19(14-17-8-5-4-6-9-17)20-15-24(2)21(27)10-7-11-22(24)28(20)23(30)18-12-13-25-26(18)3/h4-6,8-9,12-13,19-22H,7,10-11,14-15H2,1-3H3/t19-,20-,21+,22-,24+/m0/s1. The van der Waals surface area contributed by atoms with Crippen LogP contribution in [0.1, 0.15) is 55.6 Å². The van der Waals surface area contributed by atoms with Gasteiger partial charge < -0.3 is 9.80 Å². The van der Waals surface area contributed by atoms with E-state index in [1.165, 1.54) is 5.56 Å². The summed E-state index contributed by atoms with van der Waals surface area (Å²) in [5, 5.41) is 4.23. The Hall–Kier alpha value is -2.63. The van der Waals surface area contributed by atoms with Crippen LogP contribution in [0.15, 0.2) is 42.6 Å². The highest BCUT2D eigenvalue weighted by Gasteiger charge is 2.64. The molecule has 2 amide bonds. The van der Waals surface area contributed by atoms with Crippen LogP contribution < -0.4 is 0 Å². The van der Waals surface area contributed by atoms with E-state index in [0.29, 0.717) is 5.69 Å². The second-order valence-electron chi connectivity index (χ2n) is 9.48. The molecule has 158 valence electrons. The Bertz CT molecular complexity index is 971. The molecule has 30 heavy (non-hydrogen) atoms. The molecule has 3 fully saturated rings. The number of rotatable bonds is 3. The van der Waals surface area contributed by atoms with Gasteiger partial charge in [-0.25, -0.2) is 0 Å². The predicted molar refractivity (Wildman–Crippen MR) is 114 cm³/mol. The van der Waals surface area contributed by atoms with Crippen LogP contribution >= 0.6 is 0 Å². The summed E-state index contributed by atoms with van der Waals surface area (Å²) in [6, 6.07) is 12.6. The monoisotopic (exact) mass is 406 g/mol. The normalized spacial score (nSPS) is 32.4. The van der Waals surface area contributed by atoms with Crippen molar-refractivity contribution in [1.29, 1.82) is 0 Å². The molecule has 1 aliphatic carbocycles. The quantitative estimate of drug-likeness (QED) is 0.787. The van der Waals surface area contributed by atoms with Crippen molar-refractivity contribution >= 4 is 11.8 Å². The van der Waals surface area contributed by atoms with Gasteiger partial charge in [0.15, 0.2) is 0 Å². The number of piperidine rings is 1. The molecule has 1 aromatic carbocycles. The van der Waals surface area contributed by atoms with Crippen LogP contribution in [0.3, 0.4) is 0 Å². The summed E-state index contributed by atoms with van der Waals surface area (Å²) in [6.07, 6.45) is 6.51. The molecular weight excluding hydrogens is 376 g/mol. The summed E-state index contributed by atoms with van der Waals surface area (Å²) in [5.74, 6) is 0.185. The Morgan fingerprint density at radius 1 is 1.10 bits per heavy atom. The minimum absolute atomic E-state index is 0.00301. The van der Waals surface area contributed by atoms with Gasteiger partial charge in [0, 0.05) is 37.7 Å². The maximum atomic E-state index is 13.7. The van der Waals surface area contributed by atoms with E-state index in [0.717, 1.165) is 32.1 Å². The topological polar surface area (TPSA) is 58.4 Å². The van der Waals surface area contributed by atoms with Gasteiger partial charge in [0.05, 0.1) is 12.1 Å². The first-order valence-corrected chi connectivity index (χ1v) is 11.1. The Morgan fingerprint density at radius 3 is 2.43 bits per heavy atom. The van der Waals surface area contributed by atoms with Crippen LogP contribution in [-0.2, 0) is 18.3 Å². The zero-order valence-corrected chi connectivity index (χ0v) is 18.0. The number of hydrogen-bond donors (Lipinski definition) is 0. The average molecular weight is 407 g/mol. The van der Waals surface area contributed by atoms with E-state index in [2.05, 4.69) is 34.0 Å². The molecule has 6 nitrogen and oxygen atoms in total. The van der Waals surface area contributed by atoms with Crippen LogP contribution in [-0.4, -0.2) is 55.6 Å². The minimum Gasteiger partial charge on any atom is -0.334 e. The van der Waals surface area contributed by atoms with Crippen molar-refractivity contribution in [3.05, 3.63) is 53.9 Å². The lowest BCUT2D eigenvalue weighted by atomic mass is 9.64. The zero-order chi connectivity index (χ0) is 21.0. The van der Waals surface area contributed by atoms with E-state index in [-0.39, 0.29) is 41.4 Å². The highest BCUT2D eigenvalue weighted by Crippen LogP contribution is 2.56. The van der Waals surface area contributed by atoms with Gasteiger partial charge in [0.2, 0.25) is 5.91 Å². The fourth-order valence-electron chi connectivity index (χ4n) is 6.64. The summed E-state index contributed by atoms with van der Waals surface area (Å²) < 4.78 is 1.67. The molecule has 1 aromatic heterocycles. The van der Waals surface area contributed by atoms with Gasteiger partial charge in [-0.2, -0.15) is 5.10 Å². The maximum absolute atomic E-state index is 13.7. The first-order chi connectivity index (χ1) is 14.4. The molecule has 0 spiro atoms. The van der Waals surface area contributed by atoms with Crippen LogP contribution in [0.25, 0.3) is 0 Å². The number of aryl methyl sites for hydroxylation is 1. The molecule has 0 N–H and O–H groups in total. The number of likely N-dealkylation sites (tertiary alicyclic amines) is 2. The summed E-state index contributed by atoms with van der Waals surface area (Å²) in [7, 11) is 1.82. The molecule has 1 saturated carbocycles. The van der Waals surface area contributed by atoms with E-state index in [1.807, 2.05) is 31.3 Å². The van der Waals surface area contributed by atoms with Crippen molar-refractivity contribution in [1.82, 2.24) is 19.6 Å². The smallest absolute Gasteiger partial charge is 0.272 e. The number of carbonyl (C=O) groups is 2. The number of aromatic nitrogens is 2. The summed E-state index contributed by atoms with van der Waals surface area (Å²) >= 11 is 0. The molecule has 0 unspecified atom stereocenters. The third-order valence-corrected chi connectivity index (χ3v) is 7.88. The number of amides is 2. The second kappa shape index (κ2) is 6.96. The Balaban J connectivity index is 1.60. The lowest BCUT2D eigenvalue weighted by Crippen LogP contribution is -2.62. The lowest BCUT2D eigenvalue weighted by Gasteiger charge is -2.52. The summed E-state index contributed by atoms with van der Waals surface area (Å²) in [4.78, 5) is 31.0.